The van der Waals surface area contributed by atoms with Gasteiger partial charge in [0.05, 0.1) is 12.3 Å². The highest BCUT2D eigenvalue weighted by molar-refractivity contribution is 5.92. The molecule has 1 aromatic carbocycles. The normalized spacial score (nSPS) is 10.3. The van der Waals surface area contributed by atoms with E-state index in [2.05, 4.69) is 22.2 Å². The van der Waals surface area contributed by atoms with Gasteiger partial charge >= 0.3 is 0 Å². The van der Waals surface area contributed by atoms with Gasteiger partial charge in [-0.3, -0.25) is 4.79 Å². The van der Waals surface area contributed by atoms with Crippen LogP contribution >= 0.6 is 0 Å². The first kappa shape index (κ1) is 17.7. The summed E-state index contributed by atoms with van der Waals surface area (Å²) in [5.41, 5.74) is 1.18. The van der Waals surface area contributed by atoms with Crippen LogP contribution in [0.4, 0.5) is 11.5 Å². The Bertz CT molecular complexity index is 676. The lowest BCUT2D eigenvalue weighted by atomic mass is 10.2. The predicted molar refractivity (Wildman–Crippen MR) is 94.8 cm³/mol. The summed E-state index contributed by atoms with van der Waals surface area (Å²) in [6, 6.07) is 9.28. The molecule has 0 saturated heterocycles. The quantitative estimate of drug-likeness (QED) is 0.803. The first-order valence-electron chi connectivity index (χ1n) is 8.22. The maximum atomic E-state index is 12.4. The molecular formula is C18H24N4O2. The molecule has 2 aromatic rings. The van der Waals surface area contributed by atoms with Crippen molar-refractivity contribution in [3.8, 4) is 5.75 Å². The van der Waals surface area contributed by atoms with Crippen LogP contribution in [0.25, 0.3) is 0 Å². The van der Waals surface area contributed by atoms with Crippen molar-refractivity contribution in [1.82, 2.24) is 14.9 Å². The zero-order valence-corrected chi connectivity index (χ0v) is 14.5. The van der Waals surface area contributed by atoms with E-state index in [4.69, 9.17) is 4.74 Å². The molecule has 0 aliphatic heterocycles. The summed E-state index contributed by atoms with van der Waals surface area (Å²) < 4.78 is 5.59. The maximum absolute atomic E-state index is 12.4. The number of para-hydroxylation sites is 2. The van der Waals surface area contributed by atoms with Gasteiger partial charge in [0, 0.05) is 19.7 Å². The van der Waals surface area contributed by atoms with Crippen LogP contribution in [0, 0.1) is 0 Å². The average molecular weight is 328 g/mol. The summed E-state index contributed by atoms with van der Waals surface area (Å²) in [6.45, 7) is 5.33. The summed E-state index contributed by atoms with van der Waals surface area (Å²) in [4.78, 5) is 22.4. The van der Waals surface area contributed by atoms with Crippen molar-refractivity contribution < 1.29 is 9.53 Å². The monoisotopic (exact) mass is 328 g/mol. The van der Waals surface area contributed by atoms with Crippen LogP contribution in [0.15, 0.2) is 36.7 Å². The Kier molecular flexibility index (Phi) is 6.54. The largest absolute Gasteiger partial charge is 0.492 e. The number of nitrogens with zero attached hydrogens (tertiary/aromatic N) is 3. The predicted octanol–water partition coefficient (Wildman–Crippen LogP) is 3.49. The van der Waals surface area contributed by atoms with E-state index in [0.29, 0.717) is 18.1 Å². The zero-order valence-electron chi connectivity index (χ0n) is 14.5. The Morgan fingerprint density at radius 3 is 2.79 bits per heavy atom. The fourth-order valence-corrected chi connectivity index (χ4v) is 2.22. The number of aromatic nitrogens is 2. The zero-order chi connectivity index (χ0) is 17.4. The molecule has 0 atom stereocenters. The number of unbranched alkanes of at least 4 members (excludes halogenated alkanes) is 1. The number of hydrogen-bond donors (Lipinski definition) is 1. The van der Waals surface area contributed by atoms with Crippen molar-refractivity contribution in [3.05, 3.63) is 42.4 Å². The van der Waals surface area contributed by atoms with Crippen LogP contribution in [0.5, 0.6) is 5.75 Å². The van der Waals surface area contributed by atoms with Gasteiger partial charge in [-0.1, -0.05) is 25.5 Å². The molecule has 1 N–H and O–H groups in total. The molecule has 6 nitrogen and oxygen atoms in total. The second kappa shape index (κ2) is 8.86. The van der Waals surface area contributed by atoms with Gasteiger partial charge in [0.15, 0.2) is 0 Å². The molecule has 0 radical (unpaired) electrons. The molecule has 24 heavy (non-hydrogen) atoms. The molecule has 0 aliphatic carbocycles. The molecular weight excluding hydrogens is 304 g/mol. The Morgan fingerprint density at radius 2 is 2.04 bits per heavy atom. The summed E-state index contributed by atoms with van der Waals surface area (Å²) in [6.07, 6.45) is 3.41. The lowest BCUT2D eigenvalue weighted by Gasteiger charge is -2.16. The second-order valence-corrected chi connectivity index (χ2v) is 5.42. The van der Waals surface area contributed by atoms with Crippen molar-refractivity contribution in [3.63, 3.8) is 0 Å². The van der Waals surface area contributed by atoms with Crippen molar-refractivity contribution in [2.75, 3.05) is 25.5 Å². The highest BCUT2D eigenvalue weighted by Crippen LogP contribution is 2.26. The van der Waals surface area contributed by atoms with Gasteiger partial charge in [-0.05, 0) is 25.5 Å². The Balaban J connectivity index is 2.15. The van der Waals surface area contributed by atoms with E-state index >= 15 is 0 Å². The molecule has 2 rings (SSSR count). The molecule has 0 unspecified atom stereocenters. The van der Waals surface area contributed by atoms with Gasteiger partial charge in [-0.2, -0.15) is 0 Å². The third-order valence-electron chi connectivity index (χ3n) is 3.53. The SMILES string of the molecule is CCCCN(C)C(=O)c1cc(Nc2ccccc2OCC)ncn1. The van der Waals surface area contributed by atoms with Crippen LogP contribution in [-0.4, -0.2) is 41.0 Å². The van der Waals surface area contributed by atoms with E-state index in [1.807, 2.05) is 31.2 Å². The van der Waals surface area contributed by atoms with Gasteiger partial charge in [-0.15, -0.1) is 0 Å². The van der Waals surface area contributed by atoms with Gasteiger partial charge in [-0.25, -0.2) is 9.97 Å². The van der Waals surface area contributed by atoms with E-state index in [-0.39, 0.29) is 5.91 Å². The first-order valence-corrected chi connectivity index (χ1v) is 8.22. The van der Waals surface area contributed by atoms with Gasteiger partial charge < -0.3 is 15.0 Å². The number of hydrogen-bond acceptors (Lipinski definition) is 5. The summed E-state index contributed by atoms with van der Waals surface area (Å²) in [5.74, 6) is 1.20. The lowest BCUT2D eigenvalue weighted by Crippen LogP contribution is -2.28. The van der Waals surface area contributed by atoms with Crippen LogP contribution in [-0.2, 0) is 0 Å². The minimum absolute atomic E-state index is 0.105. The van der Waals surface area contributed by atoms with E-state index in [1.54, 1.807) is 18.0 Å². The number of amides is 1. The standard InChI is InChI=1S/C18H24N4O2/c1-4-6-11-22(3)18(23)15-12-17(20-13-19-15)21-14-9-7-8-10-16(14)24-5-2/h7-10,12-13H,4-6,11H2,1-3H3,(H,19,20,21). The number of nitrogens with one attached hydrogen (secondary N) is 1. The fraction of sp³-hybridized carbons (Fsp3) is 0.389. The Labute approximate surface area is 142 Å². The Morgan fingerprint density at radius 1 is 1.25 bits per heavy atom. The maximum Gasteiger partial charge on any atom is 0.272 e. The van der Waals surface area contributed by atoms with Gasteiger partial charge in [0.1, 0.15) is 23.6 Å². The van der Waals surface area contributed by atoms with Crippen LogP contribution < -0.4 is 10.1 Å². The highest BCUT2D eigenvalue weighted by atomic mass is 16.5. The van der Waals surface area contributed by atoms with Crippen molar-refractivity contribution in [2.24, 2.45) is 0 Å². The minimum atomic E-state index is -0.105. The molecule has 1 amide bonds. The van der Waals surface area contributed by atoms with Crippen LogP contribution in [0.2, 0.25) is 0 Å². The molecule has 128 valence electrons. The van der Waals surface area contributed by atoms with Crippen molar-refractivity contribution >= 4 is 17.4 Å². The molecule has 0 fully saturated rings. The van der Waals surface area contributed by atoms with Gasteiger partial charge in [0.25, 0.3) is 5.91 Å². The Hall–Kier alpha value is -2.63. The average Bonchev–Trinajstić information content (AvgIpc) is 2.61. The van der Waals surface area contributed by atoms with Crippen molar-refractivity contribution in [2.45, 2.75) is 26.7 Å². The van der Waals surface area contributed by atoms with Gasteiger partial charge in [0.2, 0.25) is 0 Å². The third kappa shape index (κ3) is 4.68. The van der Waals surface area contributed by atoms with E-state index < -0.39 is 0 Å². The highest BCUT2D eigenvalue weighted by Gasteiger charge is 2.14. The van der Waals surface area contributed by atoms with E-state index in [9.17, 15) is 4.79 Å². The van der Waals surface area contributed by atoms with E-state index in [0.717, 1.165) is 30.8 Å². The third-order valence-corrected chi connectivity index (χ3v) is 3.53. The summed E-state index contributed by atoms with van der Waals surface area (Å²) in [5, 5.41) is 3.19. The van der Waals surface area contributed by atoms with Crippen molar-refractivity contribution in [1.29, 1.82) is 0 Å². The number of carbonyl (C=O) groups excluding carboxylic acids is 1. The number of carbonyl (C=O) groups is 1. The molecule has 0 bridgehead atoms. The number of rotatable bonds is 8. The fourth-order valence-electron chi connectivity index (χ4n) is 2.22. The van der Waals surface area contributed by atoms with Crippen LogP contribution in [0.1, 0.15) is 37.2 Å². The number of anilines is 2. The lowest BCUT2D eigenvalue weighted by molar-refractivity contribution is 0.0787. The molecule has 0 aliphatic rings. The molecule has 1 heterocycles. The van der Waals surface area contributed by atoms with Crippen LogP contribution in [0.3, 0.4) is 0 Å². The number of ether oxygens (including phenoxy) is 1. The summed E-state index contributed by atoms with van der Waals surface area (Å²) in [7, 11) is 1.79. The molecule has 0 spiro atoms. The second-order valence-electron chi connectivity index (χ2n) is 5.42. The smallest absolute Gasteiger partial charge is 0.272 e. The van der Waals surface area contributed by atoms with E-state index in [1.165, 1.54) is 6.33 Å². The molecule has 6 heteroatoms. The number of benzene rings is 1. The minimum Gasteiger partial charge on any atom is -0.492 e. The summed E-state index contributed by atoms with van der Waals surface area (Å²) >= 11 is 0. The molecule has 1 aromatic heterocycles. The topological polar surface area (TPSA) is 67.4 Å². The first-order chi connectivity index (χ1) is 11.7. The molecule has 0 saturated carbocycles.